The molecule has 1 aromatic carbocycles. The summed E-state index contributed by atoms with van der Waals surface area (Å²) in [6, 6.07) is 10.9. The number of nitrogens with one attached hydrogen (secondary N) is 1. The maximum absolute atomic E-state index is 12.1. The summed E-state index contributed by atoms with van der Waals surface area (Å²) >= 11 is 0. The monoisotopic (exact) mass is 287 g/mol. The quantitative estimate of drug-likeness (QED) is 0.886. The molecule has 1 atom stereocenters. The molecule has 2 N–H and O–H groups in total. The van der Waals surface area contributed by atoms with Crippen molar-refractivity contribution < 1.29 is 19.1 Å². The van der Waals surface area contributed by atoms with Crippen LogP contribution in [0.4, 0.5) is 0 Å². The summed E-state index contributed by atoms with van der Waals surface area (Å²) in [5.41, 5.74) is 1.05. The van der Waals surface area contributed by atoms with Crippen molar-refractivity contribution in [2.75, 3.05) is 0 Å². The molecule has 110 valence electrons. The van der Waals surface area contributed by atoms with E-state index in [2.05, 4.69) is 5.32 Å². The van der Waals surface area contributed by atoms with Gasteiger partial charge in [0, 0.05) is 0 Å². The van der Waals surface area contributed by atoms with Crippen molar-refractivity contribution in [1.29, 1.82) is 0 Å². The molecule has 1 amide bonds. The van der Waals surface area contributed by atoms with Gasteiger partial charge >= 0.3 is 5.97 Å². The van der Waals surface area contributed by atoms with Gasteiger partial charge in [0.25, 0.3) is 0 Å². The van der Waals surface area contributed by atoms with Crippen molar-refractivity contribution in [2.45, 2.75) is 26.3 Å². The fourth-order valence-electron chi connectivity index (χ4n) is 2.06. The van der Waals surface area contributed by atoms with Gasteiger partial charge in [0.2, 0.25) is 5.91 Å². The summed E-state index contributed by atoms with van der Waals surface area (Å²) in [4.78, 5) is 23.0. The second-order valence-corrected chi connectivity index (χ2v) is 4.84. The van der Waals surface area contributed by atoms with E-state index in [9.17, 15) is 9.59 Å². The normalized spacial score (nSPS) is 11.9. The first-order valence-corrected chi connectivity index (χ1v) is 6.64. The van der Waals surface area contributed by atoms with Crippen molar-refractivity contribution >= 4 is 11.9 Å². The number of hydrogen-bond acceptors (Lipinski definition) is 3. The fraction of sp³-hybridized carbons (Fsp3) is 0.250. The molecule has 0 aliphatic carbocycles. The largest absolute Gasteiger partial charge is 0.478 e. The van der Waals surface area contributed by atoms with Crippen LogP contribution in [0.2, 0.25) is 0 Å². The highest BCUT2D eigenvalue weighted by molar-refractivity contribution is 5.89. The van der Waals surface area contributed by atoms with E-state index in [1.54, 1.807) is 6.92 Å². The van der Waals surface area contributed by atoms with Crippen LogP contribution in [0.5, 0.6) is 0 Å². The van der Waals surface area contributed by atoms with Crippen molar-refractivity contribution in [3.05, 3.63) is 59.0 Å². The van der Waals surface area contributed by atoms with Crippen molar-refractivity contribution in [3.63, 3.8) is 0 Å². The first-order chi connectivity index (χ1) is 9.99. The fourth-order valence-corrected chi connectivity index (χ4v) is 2.06. The van der Waals surface area contributed by atoms with Gasteiger partial charge in [0.05, 0.1) is 12.5 Å². The lowest BCUT2D eigenvalue weighted by Crippen LogP contribution is -2.27. The molecule has 0 radical (unpaired) electrons. The highest BCUT2D eigenvalue weighted by Crippen LogP contribution is 2.17. The van der Waals surface area contributed by atoms with E-state index >= 15 is 0 Å². The lowest BCUT2D eigenvalue weighted by atomic mass is 10.0. The molecule has 0 aliphatic rings. The van der Waals surface area contributed by atoms with Crippen LogP contribution in [0, 0.1) is 6.92 Å². The van der Waals surface area contributed by atoms with E-state index in [4.69, 9.17) is 9.52 Å². The molecular weight excluding hydrogens is 270 g/mol. The molecule has 5 nitrogen and oxygen atoms in total. The van der Waals surface area contributed by atoms with E-state index in [0.29, 0.717) is 11.5 Å². The van der Waals surface area contributed by atoms with Crippen molar-refractivity contribution in [3.8, 4) is 0 Å². The maximum atomic E-state index is 12.1. The zero-order valence-corrected chi connectivity index (χ0v) is 11.9. The Balaban J connectivity index is 1.98. The Kier molecular flexibility index (Phi) is 4.42. The average Bonchev–Trinajstić information content (AvgIpc) is 2.86. The summed E-state index contributed by atoms with van der Waals surface area (Å²) in [6.45, 7) is 3.58. The highest BCUT2D eigenvalue weighted by atomic mass is 16.4. The van der Waals surface area contributed by atoms with Crippen molar-refractivity contribution in [2.24, 2.45) is 0 Å². The van der Waals surface area contributed by atoms with Gasteiger partial charge in [-0.05, 0) is 25.5 Å². The molecular formula is C16H17NO4. The van der Waals surface area contributed by atoms with Crippen LogP contribution >= 0.6 is 0 Å². The number of rotatable bonds is 5. The average molecular weight is 287 g/mol. The molecule has 0 bridgehead atoms. The number of aromatic carboxylic acids is 1. The predicted octanol–water partition coefficient (Wildman–Crippen LogP) is 2.71. The first kappa shape index (κ1) is 14.8. The van der Waals surface area contributed by atoms with E-state index in [1.807, 2.05) is 37.3 Å². The van der Waals surface area contributed by atoms with Crippen LogP contribution in [0.3, 0.4) is 0 Å². The molecule has 2 aromatic rings. The van der Waals surface area contributed by atoms with E-state index < -0.39 is 5.97 Å². The standard InChI is InChI=1S/C16H17NO4/c1-10(12-6-4-3-5-7-12)15(18)17-9-13-8-14(16(19)20)11(2)21-13/h3-8,10H,9H2,1-2H3,(H,17,18)(H,19,20)/t10-/m0/s1. The van der Waals surface area contributed by atoms with Crippen LogP contribution in [0.1, 0.15) is 40.3 Å². The van der Waals surface area contributed by atoms with E-state index in [0.717, 1.165) is 5.56 Å². The Hall–Kier alpha value is -2.56. The Bertz CT molecular complexity index is 646. The molecule has 1 heterocycles. The third-order valence-electron chi connectivity index (χ3n) is 3.33. The topological polar surface area (TPSA) is 79.5 Å². The third kappa shape index (κ3) is 3.51. The smallest absolute Gasteiger partial charge is 0.339 e. The summed E-state index contributed by atoms with van der Waals surface area (Å²) in [5, 5.41) is 11.7. The van der Waals surface area contributed by atoms with E-state index in [-0.39, 0.29) is 23.9 Å². The van der Waals surface area contributed by atoms with Gasteiger partial charge in [-0.25, -0.2) is 4.79 Å². The van der Waals surface area contributed by atoms with Crippen LogP contribution in [0.25, 0.3) is 0 Å². The minimum atomic E-state index is -1.04. The predicted molar refractivity (Wildman–Crippen MR) is 77.1 cm³/mol. The molecule has 0 saturated heterocycles. The second kappa shape index (κ2) is 6.26. The maximum Gasteiger partial charge on any atom is 0.339 e. The Morgan fingerprint density at radius 2 is 1.95 bits per heavy atom. The van der Waals surface area contributed by atoms with Crippen LogP contribution in [0.15, 0.2) is 40.8 Å². The number of benzene rings is 1. The van der Waals surface area contributed by atoms with Gasteiger partial charge < -0.3 is 14.8 Å². The van der Waals surface area contributed by atoms with Gasteiger partial charge in [-0.2, -0.15) is 0 Å². The molecule has 2 rings (SSSR count). The van der Waals surface area contributed by atoms with Gasteiger partial charge in [-0.1, -0.05) is 30.3 Å². The molecule has 5 heteroatoms. The molecule has 21 heavy (non-hydrogen) atoms. The second-order valence-electron chi connectivity index (χ2n) is 4.84. The molecule has 0 unspecified atom stereocenters. The molecule has 0 spiro atoms. The number of carbonyl (C=O) groups is 2. The van der Waals surface area contributed by atoms with Crippen LogP contribution in [-0.4, -0.2) is 17.0 Å². The summed E-state index contributed by atoms with van der Waals surface area (Å²) in [6.07, 6.45) is 0. The zero-order chi connectivity index (χ0) is 15.4. The third-order valence-corrected chi connectivity index (χ3v) is 3.33. The van der Waals surface area contributed by atoms with E-state index in [1.165, 1.54) is 6.07 Å². The minimum Gasteiger partial charge on any atom is -0.478 e. The summed E-state index contributed by atoms with van der Waals surface area (Å²) in [5.74, 6) is -0.679. The van der Waals surface area contributed by atoms with Gasteiger partial charge in [0.15, 0.2) is 0 Å². The zero-order valence-electron chi connectivity index (χ0n) is 11.9. The Labute approximate surface area is 122 Å². The number of furan rings is 1. The lowest BCUT2D eigenvalue weighted by Gasteiger charge is -2.11. The number of aryl methyl sites for hydroxylation is 1. The number of hydrogen-bond donors (Lipinski definition) is 2. The number of amides is 1. The molecule has 0 fully saturated rings. The lowest BCUT2D eigenvalue weighted by molar-refractivity contribution is -0.122. The van der Waals surface area contributed by atoms with Crippen LogP contribution < -0.4 is 5.32 Å². The van der Waals surface area contributed by atoms with Gasteiger partial charge in [0.1, 0.15) is 17.1 Å². The number of carbonyl (C=O) groups excluding carboxylic acids is 1. The van der Waals surface area contributed by atoms with Crippen molar-refractivity contribution in [1.82, 2.24) is 5.32 Å². The first-order valence-electron chi connectivity index (χ1n) is 6.64. The highest BCUT2D eigenvalue weighted by Gasteiger charge is 2.17. The number of carboxylic acid groups (broad SMARTS) is 1. The molecule has 0 saturated carbocycles. The molecule has 1 aromatic heterocycles. The minimum absolute atomic E-state index is 0.121. The number of carboxylic acids is 1. The summed E-state index contributed by atoms with van der Waals surface area (Å²) in [7, 11) is 0. The Morgan fingerprint density at radius 3 is 2.52 bits per heavy atom. The van der Waals surface area contributed by atoms with Crippen LogP contribution in [-0.2, 0) is 11.3 Å². The SMILES string of the molecule is Cc1oc(CNC(=O)[C@@H](C)c2ccccc2)cc1C(=O)O. The Morgan fingerprint density at radius 1 is 1.29 bits per heavy atom. The molecule has 0 aliphatic heterocycles. The summed E-state index contributed by atoms with van der Waals surface area (Å²) < 4.78 is 5.32. The van der Waals surface area contributed by atoms with Gasteiger partial charge in [-0.15, -0.1) is 0 Å². The van der Waals surface area contributed by atoms with Gasteiger partial charge in [-0.3, -0.25) is 4.79 Å².